The lowest BCUT2D eigenvalue weighted by Crippen LogP contribution is -2.08. The van der Waals surface area contributed by atoms with Crippen molar-refractivity contribution in [1.29, 1.82) is 0 Å². The van der Waals surface area contributed by atoms with E-state index >= 15 is 0 Å². The number of allylic oxidation sites excluding steroid dienone is 1. The van der Waals surface area contributed by atoms with Gasteiger partial charge in [0, 0.05) is 38.3 Å². The van der Waals surface area contributed by atoms with Crippen LogP contribution in [0.5, 0.6) is 0 Å². The molecule has 1 heterocycles. The van der Waals surface area contributed by atoms with Crippen molar-refractivity contribution in [3.05, 3.63) is 54.6 Å². The van der Waals surface area contributed by atoms with Gasteiger partial charge in [0.25, 0.3) is 5.91 Å². The maximum atomic E-state index is 11.7. The molecule has 0 spiro atoms. The fraction of sp³-hybridized carbons (Fsp3) is 0.143. The minimum atomic E-state index is -0.107. The standard InChI is InChI=1S/C14H15N3O/c1-16(2)13-6-3-12(4-7-13)5-8-14(18)17-10-9-15-11-17/h3-11H,1-2H3/b8-5+. The summed E-state index contributed by atoms with van der Waals surface area (Å²) in [5, 5.41) is 0. The van der Waals surface area contributed by atoms with Crippen molar-refractivity contribution < 1.29 is 4.79 Å². The Morgan fingerprint density at radius 1 is 1.28 bits per heavy atom. The first-order chi connectivity index (χ1) is 8.66. The van der Waals surface area contributed by atoms with E-state index < -0.39 is 0 Å². The highest BCUT2D eigenvalue weighted by molar-refractivity contribution is 5.93. The summed E-state index contributed by atoms with van der Waals surface area (Å²) in [7, 11) is 3.99. The van der Waals surface area contributed by atoms with Gasteiger partial charge in [-0.1, -0.05) is 12.1 Å². The highest BCUT2D eigenvalue weighted by Crippen LogP contribution is 2.13. The number of aromatic nitrogens is 2. The van der Waals surface area contributed by atoms with Crippen LogP contribution in [0.15, 0.2) is 49.1 Å². The summed E-state index contributed by atoms with van der Waals surface area (Å²) in [6.07, 6.45) is 8.02. The molecule has 1 aromatic heterocycles. The molecule has 0 N–H and O–H groups in total. The SMILES string of the molecule is CN(C)c1ccc(/C=C/C(=O)n2ccnc2)cc1. The minimum absolute atomic E-state index is 0.107. The first kappa shape index (κ1) is 12.1. The van der Waals surface area contributed by atoms with Gasteiger partial charge in [-0.05, 0) is 23.8 Å². The van der Waals surface area contributed by atoms with E-state index in [1.807, 2.05) is 43.3 Å². The Kier molecular flexibility index (Phi) is 3.57. The molecular formula is C14H15N3O. The molecule has 0 saturated carbocycles. The van der Waals surface area contributed by atoms with Gasteiger partial charge in [0.1, 0.15) is 6.33 Å². The van der Waals surface area contributed by atoms with Gasteiger partial charge in [-0.3, -0.25) is 9.36 Å². The molecule has 0 fully saturated rings. The van der Waals surface area contributed by atoms with Crippen molar-refractivity contribution in [2.24, 2.45) is 0 Å². The van der Waals surface area contributed by atoms with Crippen molar-refractivity contribution in [3.63, 3.8) is 0 Å². The van der Waals surface area contributed by atoms with Gasteiger partial charge >= 0.3 is 0 Å². The number of imidazole rings is 1. The summed E-state index contributed by atoms with van der Waals surface area (Å²) < 4.78 is 1.44. The summed E-state index contributed by atoms with van der Waals surface area (Å²) in [5.74, 6) is -0.107. The van der Waals surface area contributed by atoms with Gasteiger partial charge in [0.2, 0.25) is 0 Å². The second kappa shape index (κ2) is 5.31. The zero-order valence-electron chi connectivity index (χ0n) is 10.4. The van der Waals surface area contributed by atoms with E-state index in [1.165, 1.54) is 17.0 Å². The molecule has 0 atom stereocenters. The smallest absolute Gasteiger partial charge is 0.255 e. The van der Waals surface area contributed by atoms with Gasteiger partial charge in [-0.15, -0.1) is 0 Å². The largest absolute Gasteiger partial charge is 0.378 e. The lowest BCUT2D eigenvalue weighted by atomic mass is 10.2. The van der Waals surface area contributed by atoms with Crippen molar-refractivity contribution >= 4 is 17.7 Å². The van der Waals surface area contributed by atoms with Crippen LogP contribution >= 0.6 is 0 Å². The Bertz CT molecular complexity index is 539. The minimum Gasteiger partial charge on any atom is -0.378 e. The molecule has 18 heavy (non-hydrogen) atoms. The first-order valence-corrected chi connectivity index (χ1v) is 5.64. The predicted octanol–water partition coefficient (Wildman–Crippen LogP) is 2.30. The van der Waals surface area contributed by atoms with E-state index in [1.54, 1.807) is 18.5 Å². The normalized spacial score (nSPS) is 10.8. The number of carbonyl (C=O) groups is 1. The Morgan fingerprint density at radius 2 is 2.00 bits per heavy atom. The van der Waals surface area contributed by atoms with E-state index in [9.17, 15) is 4.79 Å². The Morgan fingerprint density at radius 3 is 2.56 bits per heavy atom. The molecule has 4 nitrogen and oxygen atoms in total. The summed E-state index contributed by atoms with van der Waals surface area (Å²) in [5.41, 5.74) is 2.13. The number of hydrogen-bond donors (Lipinski definition) is 0. The third-order valence-corrected chi connectivity index (χ3v) is 2.59. The predicted molar refractivity (Wildman–Crippen MR) is 72.7 cm³/mol. The van der Waals surface area contributed by atoms with Crippen LogP contribution in [0.2, 0.25) is 0 Å². The van der Waals surface area contributed by atoms with Crippen LogP contribution in [0, 0.1) is 0 Å². The molecule has 0 aliphatic rings. The van der Waals surface area contributed by atoms with Gasteiger partial charge in [0.05, 0.1) is 0 Å². The molecule has 4 heteroatoms. The number of hydrogen-bond acceptors (Lipinski definition) is 3. The topological polar surface area (TPSA) is 38.1 Å². The average molecular weight is 241 g/mol. The molecule has 0 saturated heterocycles. The van der Waals surface area contributed by atoms with E-state index in [2.05, 4.69) is 4.98 Å². The average Bonchev–Trinajstić information content (AvgIpc) is 2.90. The third kappa shape index (κ3) is 2.85. The molecule has 0 radical (unpaired) electrons. The van der Waals surface area contributed by atoms with Crippen molar-refractivity contribution in [1.82, 2.24) is 9.55 Å². The summed E-state index contributed by atoms with van der Waals surface area (Å²) in [6.45, 7) is 0. The number of anilines is 1. The van der Waals surface area contributed by atoms with E-state index in [-0.39, 0.29) is 5.91 Å². The fourth-order valence-electron chi connectivity index (χ4n) is 1.53. The maximum absolute atomic E-state index is 11.7. The molecule has 0 amide bonds. The third-order valence-electron chi connectivity index (χ3n) is 2.59. The molecule has 2 aromatic rings. The number of rotatable bonds is 3. The molecule has 0 aliphatic carbocycles. The molecule has 0 unspecified atom stereocenters. The van der Waals surface area contributed by atoms with Gasteiger partial charge in [-0.2, -0.15) is 0 Å². The zero-order chi connectivity index (χ0) is 13.0. The van der Waals surface area contributed by atoms with Crippen LogP contribution in [0.1, 0.15) is 10.4 Å². The monoisotopic (exact) mass is 241 g/mol. The highest BCUT2D eigenvalue weighted by Gasteiger charge is 1.98. The summed E-state index contributed by atoms with van der Waals surface area (Å²) in [6, 6.07) is 7.99. The van der Waals surface area contributed by atoms with Crippen LogP contribution in [-0.2, 0) is 0 Å². The van der Waals surface area contributed by atoms with Crippen molar-refractivity contribution in [2.45, 2.75) is 0 Å². The lowest BCUT2D eigenvalue weighted by molar-refractivity contribution is 0.0969. The summed E-state index contributed by atoms with van der Waals surface area (Å²) >= 11 is 0. The highest BCUT2D eigenvalue weighted by atomic mass is 16.1. The molecule has 0 bridgehead atoms. The number of carbonyl (C=O) groups excluding carboxylic acids is 1. The van der Waals surface area contributed by atoms with Crippen LogP contribution in [-0.4, -0.2) is 29.6 Å². The zero-order valence-corrected chi connectivity index (χ0v) is 10.4. The Labute approximate surface area is 106 Å². The van der Waals surface area contributed by atoms with E-state index in [0.717, 1.165) is 11.3 Å². The second-order valence-electron chi connectivity index (χ2n) is 4.13. The van der Waals surface area contributed by atoms with Crippen molar-refractivity contribution in [2.75, 3.05) is 19.0 Å². The molecule has 1 aromatic carbocycles. The maximum Gasteiger partial charge on any atom is 0.255 e. The fourth-order valence-corrected chi connectivity index (χ4v) is 1.53. The lowest BCUT2D eigenvalue weighted by Gasteiger charge is -2.11. The molecule has 92 valence electrons. The Balaban J connectivity index is 2.07. The quantitative estimate of drug-likeness (QED) is 0.774. The van der Waals surface area contributed by atoms with Gasteiger partial charge in [-0.25, -0.2) is 4.98 Å². The molecule has 0 aliphatic heterocycles. The molecule has 2 rings (SSSR count). The van der Waals surface area contributed by atoms with Gasteiger partial charge < -0.3 is 4.90 Å². The van der Waals surface area contributed by atoms with Crippen LogP contribution in [0.25, 0.3) is 6.08 Å². The second-order valence-corrected chi connectivity index (χ2v) is 4.13. The number of nitrogens with zero attached hydrogens (tertiary/aromatic N) is 3. The molecular weight excluding hydrogens is 226 g/mol. The Hall–Kier alpha value is -2.36. The van der Waals surface area contributed by atoms with Crippen LogP contribution < -0.4 is 4.90 Å². The van der Waals surface area contributed by atoms with Crippen molar-refractivity contribution in [3.8, 4) is 0 Å². The van der Waals surface area contributed by atoms with E-state index in [0.29, 0.717) is 0 Å². The van der Waals surface area contributed by atoms with E-state index in [4.69, 9.17) is 0 Å². The van der Waals surface area contributed by atoms with Crippen LogP contribution in [0.4, 0.5) is 5.69 Å². The van der Waals surface area contributed by atoms with Crippen LogP contribution in [0.3, 0.4) is 0 Å². The van der Waals surface area contributed by atoms with Gasteiger partial charge in [0.15, 0.2) is 0 Å². The summed E-state index contributed by atoms with van der Waals surface area (Å²) in [4.78, 5) is 17.5. The number of benzene rings is 1. The first-order valence-electron chi connectivity index (χ1n) is 5.64.